The summed E-state index contributed by atoms with van der Waals surface area (Å²) < 4.78 is 48.1. The number of nitrogens with one attached hydrogen (secondary N) is 2. The van der Waals surface area contributed by atoms with Crippen molar-refractivity contribution in [2.45, 2.75) is 31.5 Å². The molecule has 5 rings (SSSR count). The average molecular weight is 638 g/mol. The summed E-state index contributed by atoms with van der Waals surface area (Å²) in [6.07, 6.45) is -0.202. The van der Waals surface area contributed by atoms with Gasteiger partial charge >= 0.3 is 0 Å². The van der Waals surface area contributed by atoms with Crippen LogP contribution in [0, 0.1) is 5.82 Å². The quantitative estimate of drug-likeness (QED) is 0.419. The molecular weight excluding hydrogens is 601 g/mol. The van der Waals surface area contributed by atoms with E-state index in [9.17, 15) is 18.8 Å². The SMILES string of the molecule is COc1ccc2cc1OCC(=O)NCc1cc(F)cc(c1)O[C@@H]1CCN(C(=O)Cc3cc(OC)c(OC)c(OC)c3)C[C@@H]1NC2=O. The number of piperidine rings is 1. The topological polar surface area (TPSA) is 134 Å². The second kappa shape index (κ2) is 14.3. The van der Waals surface area contributed by atoms with Crippen molar-refractivity contribution in [3.8, 4) is 34.5 Å². The normalized spacial score (nSPS) is 18.2. The molecule has 13 heteroatoms. The van der Waals surface area contributed by atoms with Crippen LogP contribution in [0.3, 0.4) is 0 Å². The van der Waals surface area contributed by atoms with E-state index < -0.39 is 29.8 Å². The molecule has 12 nitrogen and oxygen atoms in total. The van der Waals surface area contributed by atoms with Crippen molar-refractivity contribution < 1.29 is 47.2 Å². The number of benzene rings is 3. The minimum absolute atomic E-state index is 0.0427. The van der Waals surface area contributed by atoms with Crippen molar-refractivity contribution >= 4 is 17.7 Å². The zero-order valence-corrected chi connectivity index (χ0v) is 26.0. The van der Waals surface area contributed by atoms with Crippen molar-refractivity contribution in [1.29, 1.82) is 0 Å². The molecule has 3 aromatic rings. The lowest BCUT2D eigenvalue weighted by atomic mass is 9.99. The van der Waals surface area contributed by atoms with Crippen molar-refractivity contribution in [2.75, 3.05) is 48.1 Å². The van der Waals surface area contributed by atoms with E-state index in [4.69, 9.17) is 28.4 Å². The summed E-state index contributed by atoms with van der Waals surface area (Å²) in [7, 11) is 5.96. The molecule has 0 unspecified atom stereocenters. The zero-order valence-electron chi connectivity index (χ0n) is 26.0. The van der Waals surface area contributed by atoms with Crippen LogP contribution < -0.4 is 39.1 Å². The van der Waals surface area contributed by atoms with Gasteiger partial charge in [0.15, 0.2) is 29.6 Å². The fourth-order valence-electron chi connectivity index (χ4n) is 5.50. The molecule has 2 aliphatic rings. The highest BCUT2D eigenvalue weighted by Gasteiger charge is 2.35. The van der Waals surface area contributed by atoms with Crippen LogP contribution in [0.5, 0.6) is 34.5 Å². The maximum Gasteiger partial charge on any atom is 0.258 e. The van der Waals surface area contributed by atoms with E-state index in [1.54, 1.807) is 35.2 Å². The van der Waals surface area contributed by atoms with Crippen molar-refractivity contribution in [2.24, 2.45) is 0 Å². The minimum Gasteiger partial charge on any atom is -0.493 e. The third-order valence-corrected chi connectivity index (χ3v) is 7.79. The Hall–Kier alpha value is -5.20. The lowest BCUT2D eigenvalue weighted by Gasteiger charge is -2.39. The van der Waals surface area contributed by atoms with E-state index in [1.165, 1.54) is 46.6 Å². The van der Waals surface area contributed by atoms with Gasteiger partial charge in [-0.25, -0.2) is 4.39 Å². The van der Waals surface area contributed by atoms with Crippen LogP contribution >= 0.6 is 0 Å². The number of nitrogens with zero attached hydrogens (tertiary/aromatic N) is 1. The predicted octanol–water partition coefficient (Wildman–Crippen LogP) is 2.89. The highest BCUT2D eigenvalue weighted by atomic mass is 19.1. The number of methoxy groups -OCH3 is 4. The molecule has 2 atom stereocenters. The smallest absolute Gasteiger partial charge is 0.258 e. The van der Waals surface area contributed by atoms with E-state index in [1.807, 2.05) is 0 Å². The Morgan fingerprint density at radius 2 is 1.70 bits per heavy atom. The second-order valence-corrected chi connectivity index (χ2v) is 10.8. The van der Waals surface area contributed by atoms with E-state index in [0.29, 0.717) is 47.1 Å². The van der Waals surface area contributed by atoms with Crippen molar-refractivity contribution in [3.63, 3.8) is 0 Å². The Labute approximate surface area is 265 Å². The minimum atomic E-state index is -0.657. The highest BCUT2D eigenvalue weighted by Crippen LogP contribution is 2.38. The second-order valence-electron chi connectivity index (χ2n) is 10.8. The van der Waals surface area contributed by atoms with Gasteiger partial charge in [0.05, 0.1) is 40.9 Å². The summed E-state index contributed by atoms with van der Waals surface area (Å²) >= 11 is 0. The summed E-state index contributed by atoms with van der Waals surface area (Å²) in [6.45, 7) is 0.159. The van der Waals surface area contributed by atoms with Crippen molar-refractivity contribution in [1.82, 2.24) is 15.5 Å². The molecule has 3 aromatic carbocycles. The number of hydrogen-bond acceptors (Lipinski definition) is 9. The summed E-state index contributed by atoms with van der Waals surface area (Å²) in [6, 6.07) is 11.6. The molecule has 1 fully saturated rings. The lowest BCUT2D eigenvalue weighted by molar-refractivity contribution is -0.133. The van der Waals surface area contributed by atoms with Crippen LogP contribution in [0.15, 0.2) is 48.5 Å². The first-order valence-electron chi connectivity index (χ1n) is 14.6. The van der Waals surface area contributed by atoms with Crippen LogP contribution in [-0.2, 0) is 22.6 Å². The van der Waals surface area contributed by atoms with E-state index in [0.717, 1.165) is 0 Å². The van der Waals surface area contributed by atoms with E-state index in [2.05, 4.69) is 10.6 Å². The van der Waals surface area contributed by atoms with Gasteiger partial charge in [0.2, 0.25) is 11.7 Å². The van der Waals surface area contributed by atoms with Gasteiger partial charge < -0.3 is 44.0 Å². The first-order valence-corrected chi connectivity index (χ1v) is 14.6. The first-order chi connectivity index (χ1) is 22.2. The molecule has 3 amide bonds. The fraction of sp³-hybridized carbons (Fsp3) is 0.364. The molecule has 2 aliphatic heterocycles. The number of fused-ring (bicyclic) bond motifs is 5. The van der Waals surface area contributed by atoms with Crippen LogP contribution in [-0.4, -0.2) is 82.9 Å². The van der Waals surface area contributed by atoms with Gasteiger partial charge in [0, 0.05) is 37.7 Å². The molecule has 0 saturated carbocycles. The zero-order chi connectivity index (χ0) is 32.8. The van der Waals surface area contributed by atoms with Gasteiger partial charge in [0.25, 0.3) is 11.8 Å². The van der Waals surface area contributed by atoms with Gasteiger partial charge in [-0.3, -0.25) is 14.4 Å². The third-order valence-electron chi connectivity index (χ3n) is 7.79. The largest absolute Gasteiger partial charge is 0.493 e. The molecule has 1 saturated heterocycles. The Morgan fingerprint density at radius 1 is 0.957 bits per heavy atom. The lowest BCUT2D eigenvalue weighted by Crippen LogP contribution is -2.58. The number of halogens is 1. The summed E-state index contributed by atoms with van der Waals surface area (Å²) in [4.78, 5) is 41.2. The summed E-state index contributed by atoms with van der Waals surface area (Å²) in [5.41, 5.74) is 1.38. The monoisotopic (exact) mass is 637 g/mol. The Morgan fingerprint density at radius 3 is 2.39 bits per heavy atom. The van der Waals surface area contributed by atoms with Crippen LogP contribution in [0.2, 0.25) is 0 Å². The molecule has 0 aromatic heterocycles. The first kappa shape index (κ1) is 32.2. The standard InChI is InChI=1S/C33H36FN3O9/c1-41-26-6-5-21-14-27(26)45-18-30(38)35-16-20-9-22(34)15-23(10-20)46-25-7-8-37(17-24(25)36-33(21)40)31(39)13-19-11-28(42-2)32(44-4)29(12-19)43-3/h5-6,9-12,14-15,24-25H,7-8,13,16-18H2,1-4H3,(H,35,38)(H,36,40)/t24-,25+/m0/s1. The fourth-order valence-corrected chi connectivity index (χ4v) is 5.50. The van der Waals surface area contributed by atoms with Crippen molar-refractivity contribution in [3.05, 3.63) is 71.0 Å². The van der Waals surface area contributed by atoms with Gasteiger partial charge in [-0.2, -0.15) is 0 Å². The Kier molecular flexibility index (Phi) is 9.99. The number of hydrogen-bond donors (Lipinski definition) is 2. The number of likely N-dealkylation sites (tertiary alicyclic amines) is 1. The van der Waals surface area contributed by atoms with Gasteiger partial charge in [-0.15, -0.1) is 0 Å². The molecule has 4 bridgehead atoms. The van der Waals surface area contributed by atoms with E-state index >= 15 is 0 Å². The number of amides is 3. The van der Waals surface area contributed by atoms with Gasteiger partial charge in [0.1, 0.15) is 17.7 Å². The van der Waals surface area contributed by atoms with Gasteiger partial charge in [-0.05, 0) is 53.6 Å². The van der Waals surface area contributed by atoms with Crippen LogP contribution in [0.25, 0.3) is 0 Å². The Balaban J connectivity index is 1.42. The molecule has 2 heterocycles. The molecule has 2 N–H and O–H groups in total. The number of carbonyl (C=O) groups excluding carboxylic acids is 3. The number of rotatable bonds is 6. The Bertz CT molecular complexity index is 1590. The molecular formula is C33H36FN3O9. The van der Waals surface area contributed by atoms with Crippen LogP contribution in [0.4, 0.5) is 4.39 Å². The third kappa shape index (κ3) is 7.36. The van der Waals surface area contributed by atoms with Crippen LogP contribution in [0.1, 0.15) is 27.9 Å². The molecule has 244 valence electrons. The molecule has 0 aliphatic carbocycles. The maximum absolute atomic E-state index is 14.6. The highest BCUT2D eigenvalue weighted by molar-refractivity contribution is 5.95. The molecule has 0 radical (unpaired) electrons. The summed E-state index contributed by atoms with van der Waals surface area (Å²) in [5, 5.41) is 5.69. The predicted molar refractivity (Wildman–Crippen MR) is 163 cm³/mol. The number of ether oxygens (including phenoxy) is 6. The van der Waals surface area contributed by atoms with E-state index in [-0.39, 0.29) is 49.1 Å². The average Bonchev–Trinajstić information content (AvgIpc) is 3.05. The molecule has 46 heavy (non-hydrogen) atoms. The maximum atomic E-state index is 14.6. The number of carbonyl (C=O) groups is 3. The molecule has 0 spiro atoms. The summed E-state index contributed by atoms with van der Waals surface area (Å²) in [5.74, 6) is 0.420. The van der Waals surface area contributed by atoms with Gasteiger partial charge in [-0.1, -0.05) is 0 Å².